The van der Waals surface area contributed by atoms with Gasteiger partial charge in [0.05, 0.1) is 0 Å². The van der Waals surface area contributed by atoms with Gasteiger partial charge in [-0.1, -0.05) is 18.2 Å². The molecule has 1 aromatic carbocycles. The number of carboxylic acids is 1. The second kappa shape index (κ2) is 5.55. The van der Waals surface area contributed by atoms with Crippen LogP contribution in [0.1, 0.15) is 6.92 Å². The van der Waals surface area contributed by atoms with Gasteiger partial charge in [0.15, 0.2) is 0 Å². The predicted octanol–water partition coefficient (Wildman–Crippen LogP) is 1.42. The van der Waals surface area contributed by atoms with Gasteiger partial charge in [-0.05, 0) is 12.1 Å². The van der Waals surface area contributed by atoms with E-state index in [9.17, 15) is 9.59 Å². The van der Waals surface area contributed by atoms with Gasteiger partial charge >= 0.3 is 5.97 Å². The molecule has 0 aliphatic rings. The van der Waals surface area contributed by atoms with E-state index in [1.54, 1.807) is 30.3 Å². The zero-order chi connectivity index (χ0) is 12.1. The Balaban J connectivity index is 3.09. The van der Waals surface area contributed by atoms with Gasteiger partial charge in [0.2, 0.25) is 5.91 Å². The number of benzene rings is 1. The molecule has 0 aliphatic heterocycles. The molecule has 0 radical (unpaired) electrons. The molecule has 0 bridgehead atoms. The summed E-state index contributed by atoms with van der Waals surface area (Å²) >= 11 is 3.96. The van der Waals surface area contributed by atoms with Crippen LogP contribution in [0.2, 0.25) is 0 Å². The van der Waals surface area contributed by atoms with Crippen molar-refractivity contribution in [2.75, 3.05) is 10.7 Å². The van der Waals surface area contributed by atoms with Gasteiger partial charge in [-0.25, -0.2) is 4.79 Å². The Morgan fingerprint density at radius 2 is 1.94 bits per heavy atom. The minimum atomic E-state index is -1.06. The van der Waals surface area contributed by atoms with Crippen molar-refractivity contribution < 1.29 is 14.7 Å². The van der Waals surface area contributed by atoms with Crippen molar-refractivity contribution in [3.8, 4) is 0 Å². The first kappa shape index (κ1) is 12.6. The predicted molar refractivity (Wildman–Crippen MR) is 64.9 cm³/mol. The quantitative estimate of drug-likeness (QED) is 0.781. The first-order valence-corrected chi connectivity index (χ1v) is 5.39. The average Bonchev–Trinajstić information content (AvgIpc) is 2.25. The summed E-state index contributed by atoms with van der Waals surface area (Å²) < 4.78 is 0. The van der Waals surface area contributed by atoms with Crippen LogP contribution in [0, 0.1) is 0 Å². The number of carbonyl (C=O) groups excluding carboxylic acids is 1. The highest BCUT2D eigenvalue weighted by molar-refractivity contribution is 7.80. The molecule has 86 valence electrons. The van der Waals surface area contributed by atoms with E-state index in [0.29, 0.717) is 5.69 Å². The van der Waals surface area contributed by atoms with Crippen molar-refractivity contribution in [3.63, 3.8) is 0 Å². The lowest BCUT2D eigenvalue weighted by Gasteiger charge is -2.26. The molecular formula is C11H13NO3S. The zero-order valence-electron chi connectivity index (χ0n) is 8.83. The number of nitrogens with zero attached hydrogens (tertiary/aromatic N) is 1. The summed E-state index contributed by atoms with van der Waals surface area (Å²) in [6, 6.07) is 7.76. The molecule has 0 spiro atoms. The molecule has 4 nitrogen and oxygen atoms in total. The number of thiol groups is 1. The highest BCUT2D eigenvalue weighted by Crippen LogP contribution is 2.17. The molecule has 0 heterocycles. The van der Waals surface area contributed by atoms with E-state index >= 15 is 0 Å². The Hall–Kier alpha value is -1.49. The Morgan fingerprint density at radius 3 is 2.31 bits per heavy atom. The number of hydrogen-bond donors (Lipinski definition) is 2. The topological polar surface area (TPSA) is 57.6 Å². The summed E-state index contributed by atoms with van der Waals surface area (Å²) in [5.74, 6) is -1.30. The number of para-hydroxylation sites is 1. The Morgan fingerprint density at radius 1 is 1.38 bits per heavy atom. The molecule has 0 saturated heterocycles. The molecule has 0 aromatic heterocycles. The summed E-state index contributed by atoms with van der Waals surface area (Å²) in [7, 11) is 0. The Labute approximate surface area is 99.3 Å². The maximum atomic E-state index is 11.5. The Kier molecular flexibility index (Phi) is 4.37. The SMILES string of the molecule is CC(=O)N(c1ccccc1)[C@@H](CS)C(=O)O. The van der Waals surface area contributed by atoms with Crippen LogP contribution < -0.4 is 4.90 Å². The van der Waals surface area contributed by atoms with Gasteiger partial charge in [-0.3, -0.25) is 9.69 Å². The number of anilines is 1. The third-order valence-corrected chi connectivity index (χ3v) is 2.49. The molecule has 0 aliphatic carbocycles. The van der Waals surface area contributed by atoms with Crippen LogP contribution in [0.25, 0.3) is 0 Å². The first-order chi connectivity index (χ1) is 7.57. The molecule has 0 saturated carbocycles. The van der Waals surface area contributed by atoms with Crippen molar-refractivity contribution in [3.05, 3.63) is 30.3 Å². The second-order valence-corrected chi connectivity index (χ2v) is 3.63. The number of aliphatic carboxylic acids is 1. The largest absolute Gasteiger partial charge is 0.480 e. The minimum absolute atomic E-state index is 0.0732. The lowest BCUT2D eigenvalue weighted by atomic mass is 10.2. The molecule has 5 heteroatoms. The van der Waals surface area contributed by atoms with Crippen LogP contribution >= 0.6 is 12.6 Å². The Bertz CT molecular complexity index is 380. The minimum Gasteiger partial charge on any atom is -0.480 e. The molecular weight excluding hydrogens is 226 g/mol. The van der Waals surface area contributed by atoms with Crippen LogP contribution in [0.5, 0.6) is 0 Å². The number of amides is 1. The molecule has 0 fully saturated rings. The van der Waals surface area contributed by atoms with Gasteiger partial charge in [-0.2, -0.15) is 12.6 Å². The van der Waals surface area contributed by atoms with Gasteiger partial charge in [0.1, 0.15) is 6.04 Å². The van der Waals surface area contributed by atoms with E-state index in [1.807, 2.05) is 0 Å². The second-order valence-electron chi connectivity index (χ2n) is 3.26. The first-order valence-electron chi connectivity index (χ1n) is 4.76. The standard InChI is InChI=1S/C11H13NO3S/c1-8(13)12(10(7-16)11(14)15)9-5-3-2-4-6-9/h2-6,10,16H,7H2,1H3,(H,14,15)/t10-/m0/s1. The average molecular weight is 239 g/mol. The molecule has 1 rings (SSSR count). The van der Waals surface area contributed by atoms with E-state index in [4.69, 9.17) is 5.11 Å². The van der Waals surface area contributed by atoms with E-state index in [-0.39, 0.29) is 11.7 Å². The monoisotopic (exact) mass is 239 g/mol. The fourth-order valence-electron chi connectivity index (χ4n) is 1.44. The van der Waals surface area contributed by atoms with Crippen molar-refractivity contribution in [2.24, 2.45) is 0 Å². The molecule has 16 heavy (non-hydrogen) atoms. The van der Waals surface area contributed by atoms with Crippen molar-refractivity contribution >= 4 is 30.2 Å². The van der Waals surface area contributed by atoms with Crippen molar-refractivity contribution in [1.29, 1.82) is 0 Å². The summed E-state index contributed by atoms with van der Waals surface area (Å²) in [6.07, 6.45) is 0. The molecule has 1 amide bonds. The fraction of sp³-hybridized carbons (Fsp3) is 0.273. The summed E-state index contributed by atoms with van der Waals surface area (Å²) in [4.78, 5) is 23.7. The molecule has 1 aromatic rings. The highest BCUT2D eigenvalue weighted by Gasteiger charge is 2.27. The van der Waals surface area contributed by atoms with Gasteiger partial charge in [0.25, 0.3) is 0 Å². The van der Waals surface area contributed by atoms with Crippen molar-refractivity contribution in [2.45, 2.75) is 13.0 Å². The van der Waals surface area contributed by atoms with E-state index in [0.717, 1.165) is 0 Å². The van der Waals surface area contributed by atoms with Gasteiger partial charge in [-0.15, -0.1) is 0 Å². The molecule has 1 N–H and O–H groups in total. The smallest absolute Gasteiger partial charge is 0.327 e. The van der Waals surface area contributed by atoms with E-state index in [2.05, 4.69) is 12.6 Å². The van der Waals surface area contributed by atoms with Crippen LogP contribution in [0.4, 0.5) is 5.69 Å². The van der Waals surface area contributed by atoms with Crippen LogP contribution in [0.3, 0.4) is 0 Å². The summed E-state index contributed by atoms with van der Waals surface area (Å²) in [6.45, 7) is 1.34. The van der Waals surface area contributed by atoms with E-state index in [1.165, 1.54) is 11.8 Å². The lowest BCUT2D eigenvalue weighted by Crippen LogP contribution is -2.45. The van der Waals surface area contributed by atoms with Crippen LogP contribution in [-0.2, 0) is 9.59 Å². The zero-order valence-corrected chi connectivity index (χ0v) is 9.72. The molecule has 0 unspecified atom stereocenters. The number of carboxylic acid groups (broad SMARTS) is 1. The van der Waals surface area contributed by atoms with Gasteiger partial charge in [0, 0.05) is 18.4 Å². The maximum absolute atomic E-state index is 11.5. The number of carbonyl (C=O) groups is 2. The maximum Gasteiger partial charge on any atom is 0.327 e. The molecule has 1 atom stereocenters. The number of rotatable bonds is 4. The number of hydrogen-bond acceptors (Lipinski definition) is 3. The fourth-order valence-corrected chi connectivity index (χ4v) is 1.76. The third-order valence-electron chi connectivity index (χ3n) is 2.14. The van der Waals surface area contributed by atoms with Crippen molar-refractivity contribution in [1.82, 2.24) is 0 Å². The van der Waals surface area contributed by atoms with Crippen LogP contribution in [0.15, 0.2) is 30.3 Å². The lowest BCUT2D eigenvalue weighted by molar-refractivity contribution is -0.139. The normalized spacial score (nSPS) is 11.9. The highest BCUT2D eigenvalue weighted by atomic mass is 32.1. The van der Waals surface area contributed by atoms with Gasteiger partial charge < -0.3 is 5.11 Å². The summed E-state index contributed by atoms with van der Waals surface area (Å²) in [5.41, 5.74) is 0.566. The summed E-state index contributed by atoms with van der Waals surface area (Å²) in [5, 5.41) is 9.01. The van der Waals surface area contributed by atoms with E-state index < -0.39 is 12.0 Å². The third kappa shape index (κ3) is 2.76. The van der Waals surface area contributed by atoms with Crippen LogP contribution in [-0.4, -0.2) is 28.8 Å².